The summed E-state index contributed by atoms with van der Waals surface area (Å²) in [4.78, 5) is 4.47. The zero-order chi connectivity index (χ0) is 21.2. The van der Waals surface area contributed by atoms with E-state index in [0.717, 1.165) is 15.6 Å². The predicted molar refractivity (Wildman–Crippen MR) is 118 cm³/mol. The standard InChI is InChI=1S/C24H17FN2O3S/c25-17-3-1-15(2-4-17)7-9-29-18-5-6-22-19(11-18)20(27-28)12-23(30-22)21-13-24-16(14-26-21)8-10-31-24/h1-6,8,10-14,28H,7,9H2. The minimum atomic E-state index is -0.256. The lowest BCUT2D eigenvalue weighted by Gasteiger charge is -2.08. The monoisotopic (exact) mass is 432 g/mol. The average molecular weight is 432 g/mol. The van der Waals surface area contributed by atoms with Crippen LogP contribution in [-0.2, 0) is 6.42 Å². The second-order valence-corrected chi connectivity index (χ2v) is 7.95. The first-order valence-electron chi connectivity index (χ1n) is 9.66. The van der Waals surface area contributed by atoms with Crippen LogP contribution in [-0.4, -0.2) is 16.8 Å². The molecule has 5 rings (SSSR count). The number of pyridine rings is 1. The van der Waals surface area contributed by atoms with Gasteiger partial charge in [-0.1, -0.05) is 17.3 Å². The highest BCUT2D eigenvalue weighted by atomic mass is 32.1. The van der Waals surface area contributed by atoms with Crippen molar-refractivity contribution in [2.24, 2.45) is 5.16 Å². The Morgan fingerprint density at radius 3 is 2.77 bits per heavy atom. The number of hydrogen-bond donors (Lipinski definition) is 1. The fourth-order valence-corrected chi connectivity index (χ4v) is 4.17. The Bertz CT molecular complexity index is 1440. The van der Waals surface area contributed by atoms with Crippen molar-refractivity contribution in [2.45, 2.75) is 6.42 Å². The van der Waals surface area contributed by atoms with E-state index >= 15 is 0 Å². The van der Waals surface area contributed by atoms with Gasteiger partial charge in [-0.3, -0.25) is 4.98 Å². The molecule has 154 valence electrons. The van der Waals surface area contributed by atoms with Gasteiger partial charge in [0.1, 0.15) is 28.2 Å². The van der Waals surface area contributed by atoms with Gasteiger partial charge in [0, 0.05) is 28.8 Å². The lowest BCUT2D eigenvalue weighted by molar-refractivity contribution is 0.302. The normalized spacial score (nSPS) is 12.0. The molecule has 0 aliphatic carbocycles. The molecule has 0 bridgehead atoms. The zero-order valence-electron chi connectivity index (χ0n) is 16.3. The Balaban J connectivity index is 1.42. The summed E-state index contributed by atoms with van der Waals surface area (Å²) in [6, 6.07) is 17.3. The van der Waals surface area contributed by atoms with Crippen LogP contribution >= 0.6 is 11.3 Å². The van der Waals surface area contributed by atoms with Gasteiger partial charge in [0.2, 0.25) is 0 Å². The molecule has 0 spiro atoms. The Hall–Kier alpha value is -3.71. The van der Waals surface area contributed by atoms with Crippen LogP contribution in [0.4, 0.5) is 4.39 Å². The van der Waals surface area contributed by atoms with Gasteiger partial charge in [-0.15, -0.1) is 11.3 Å². The summed E-state index contributed by atoms with van der Waals surface area (Å²) in [6.07, 6.45) is 2.45. The van der Waals surface area contributed by atoms with Crippen LogP contribution in [0.25, 0.3) is 32.5 Å². The third-order valence-electron chi connectivity index (χ3n) is 4.99. The third kappa shape index (κ3) is 4.00. The number of ether oxygens (including phenoxy) is 1. The number of benzene rings is 2. The summed E-state index contributed by atoms with van der Waals surface area (Å²) in [5.74, 6) is 0.884. The van der Waals surface area contributed by atoms with Gasteiger partial charge in [0.25, 0.3) is 0 Å². The molecule has 2 aromatic carbocycles. The van der Waals surface area contributed by atoms with Crippen molar-refractivity contribution in [3.05, 3.63) is 89.0 Å². The quantitative estimate of drug-likeness (QED) is 0.283. The Labute approximate surface area is 180 Å². The molecule has 5 nitrogen and oxygen atoms in total. The molecule has 3 aromatic heterocycles. The van der Waals surface area contributed by atoms with E-state index in [2.05, 4.69) is 10.1 Å². The smallest absolute Gasteiger partial charge is 0.155 e. The van der Waals surface area contributed by atoms with E-state index in [-0.39, 0.29) is 5.82 Å². The molecule has 0 unspecified atom stereocenters. The molecule has 0 atom stereocenters. The number of rotatable bonds is 5. The molecular weight excluding hydrogens is 415 g/mol. The van der Waals surface area contributed by atoms with E-state index in [1.807, 2.05) is 17.5 Å². The van der Waals surface area contributed by atoms with E-state index in [4.69, 9.17) is 9.15 Å². The highest BCUT2D eigenvalue weighted by Crippen LogP contribution is 2.27. The summed E-state index contributed by atoms with van der Waals surface area (Å²) < 4.78 is 26.0. The molecule has 1 N–H and O–H groups in total. The summed E-state index contributed by atoms with van der Waals surface area (Å²) in [5.41, 5.74) is 2.22. The van der Waals surface area contributed by atoms with Crippen molar-refractivity contribution >= 4 is 32.4 Å². The number of aromatic nitrogens is 1. The minimum absolute atomic E-state index is 0.256. The van der Waals surface area contributed by atoms with E-state index in [1.54, 1.807) is 53.9 Å². The van der Waals surface area contributed by atoms with Gasteiger partial charge >= 0.3 is 0 Å². The number of nitrogens with zero attached hydrogens (tertiary/aromatic N) is 2. The summed E-state index contributed by atoms with van der Waals surface area (Å²) >= 11 is 1.63. The van der Waals surface area contributed by atoms with Crippen molar-refractivity contribution < 1.29 is 18.8 Å². The van der Waals surface area contributed by atoms with Gasteiger partial charge in [-0.25, -0.2) is 4.39 Å². The Morgan fingerprint density at radius 2 is 1.94 bits per heavy atom. The highest BCUT2D eigenvalue weighted by Gasteiger charge is 2.10. The van der Waals surface area contributed by atoms with Crippen LogP contribution in [0.3, 0.4) is 0 Å². The van der Waals surface area contributed by atoms with Crippen molar-refractivity contribution in [1.82, 2.24) is 4.98 Å². The highest BCUT2D eigenvalue weighted by molar-refractivity contribution is 7.17. The van der Waals surface area contributed by atoms with Gasteiger partial charge < -0.3 is 14.4 Å². The molecule has 3 heterocycles. The van der Waals surface area contributed by atoms with Crippen LogP contribution < -0.4 is 10.1 Å². The molecule has 0 saturated heterocycles. The number of fused-ring (bicyclic) bond motifs is 2. The Morgan fingerprint density at radius 1 is 1.06 bits per heavy atom. The third-order valence-corrected chi connectivity index (χ3v) is 5.86. The summed E-state index contributed by atoms with van der Waals surface area (Å²) in [5, 5.41) is 17.1. The fourth-order valence-electron chi connectivity index (χ4n) is 3.37. The summed E-state index contributed by atoms with van der Waals surface area (Å²) in [7, 11) is 0. The molecule has 0 saturated carbocycles. The maximum atomic E-state index is 13.0. The largest absolute Gasteiger partial charge is 0.493 e. The van der Waals surface area contributed by atoms with Crippen molar-refractivity contribution in [1.29, 1.82) is 0 Å². The molecule has 0 aliphatic rings. The average Bonchev–Trinajstić information content (AvgIpc) is 3.27. The lowest BCUT2D eigenvalue weighted by atomic mass is 10.1. The van der Waals surface area contributed by atoms with Crippen LogP contribution in [0.15, 0.2) is 81.8 Å². The fraction of sp³-hybridized carbons (Fsp3) is 0.0833. The zero-order valence-corrected chi connectivity index (χ0v) is 17.1. The summed E-state index contributed by atoms with van der Waals surface area (Å²) in [6.45, 7) is 0.433. The first kappa shape index (κ1) is 19.3. The molecule has 0 amide bonds. The van der Waals surface area contributed by atoms with Crippen LogP contribution in [0, 0.1) is 5.82 Å². The first-order valence-corrected chi connectivity index (χ1v) is 10.5. The van der Waals surface area contributed by atoms with Crippen LogP contribution in [0.2, 0.25) is 0 Å². The number of hydrogen-bond acceptors (Lipinski definition) is 6. The van der Waals surface area contributed by atoms with Gasteiger partial charge in [0.05, 0.1) is 12.0 Å². The van der Waals surface area contributed by atoms with Crippen molar-refractivity contribution in [3.63, 3.8) is 0 Å². The maximum Gasteiger partial charge on any atom is 0.155 e. The van der Waals surface area contributed by atoms with E-state index in [0.29, 0.717) is 46.6 Å². The van der Waals surface area contributed by atoms with E-state index < -0.39 is 0 Å². The molecule has 7 heteroatoms. The van der Waals surface area contributed by atoms with E-state index in [9.17, 15) is 9.60 Å². The second-order valence-electron chi connectivity index (χ2n) is 7.01. The molecule has 0 aliphatic heterocycles. The van der Waals surface area contributed by atoms with Crippen LogP contribution in [0.1, 0.15) is 5.56 Å². The van der Waals surface area contributed by atoms with Crippen LogP contribution in [0.5, 0.6) is 5.75 Å². The van der Waals surface area contributed by atoms with Gasteiger partial charge in [-0.2, -0.15) is 0 Å². The number of thiophene rings is 1. The minimum Gasteiger partial charge on any atom is -0.493 e. The lowest BCUT2D eigenvalue weighted by Crippen LogP contribution is -2.05. The Kier molecular flexibility index (Phi) is 5.09. The molecule has 0 radical (unpaired) electrons. The van der Waals surface area contributed by atoms with E-state index in [1.165, 1.54) is 12.1 Å². The first-order chi connectivity index (χ1) is 15.2. The predicted octanol–water partition coefficient (Wildman–Crippen LogP) is 5.76. The van der Waals surface area contributed by atoms with Crippen molar-refractivity contribution in [3.8, 4) is 17.2 Å². The second kappa shape index (κ2) is 8.20. The molecule has 31 heavy (non-hydrogen) atoms. The van der Waals surface area contributed by atoms with Gasteiger partial charge in [0.15, 0.2) is 5.76 Å². The molecule has 0 fully saturated rings. The SMILES string of the molecule is ON=c1cc(-c2cc3sccc3cn2)oc2ccc(OCCc3ccc(F)cc3)cc12. The molecular formula is C24H17FN2O3S. The molecule has 5 aromatic rings. The number of halogens is 1. The van der Waals surface area contributed by atoms with Crippen molar-refractivity contribution in [2.75, 3.05) is 6.61 Å². The van der Waals surface area contributed by atoms with Gasteiger partial charge in [-0.05, 0) is 53.4 Å². The topological polar surface area (TPSA) is 67.9 Å². The maximum absolute atomic E-state index is 13.0.